The highest BCUT2D eigenvalue weighted by Crippen LogP contribution is 2.33. The molecule has 1 N–H and O–H groups in total. The molecule has 0 radical (unpaired) electrons. The van der Waals surface area contributed by atoms with E-state index in [1.165, 1.54) is 0 Å². The first-order valence-corrected chi connectivity index (χ1v) is 8.40. The number of nitrogens with zero attached hydrogens (tertiary/aromatic N) is 2. The number of aryl methyl sites for hydroxylation is 1. The standard InChI is InChI=1S/C19H23N3O2/c1-3-24-18-13-14(2)6-7-16(18)21-19(23)22-12-4-5-17(22)15-8-10-20-11-9-15/h6-11,13,17H,3-5,12H2,1-2H3,(H,21,23). The molecular weight excluding hydrogens is 302 g/mol. The zero-order valence-corrected chi connectivity index (χ0v) is 14.2. The van der Waals surface area contributed by atoms with E-state index in [1.54, 1.807) is 12.4 Å². The number of hydrogen-bond donors (Lipinski definition) is 1. The van der Waals surface area contributed by atoms with Crippen molar-refractivity contribution in [2.75, 3.05) is 18.5 Å². The van der Waals surface area contributed by atoms with Gasteiger partial charge in [0.05, 0.1) is 18.3 Å². The van der Waals surface area contributed by atoms with E-state index in [-0.39, 0.29) is 12.1 Å². The maximum atomic E-state index is 12.8. The van der Waals surface area contributed by atoms with Gasteiger partial charge in [-0.3, -0.25) is 4.98 Å². The number of urea groups is 1. The van der Waals surface area contributed by atoms with Gasteiger partial charge in [0.1, 0.15) is 5.75 Å². The minimum atomic E-state index is -0.0841. The van der Waals surface area contributed by atoms with Gasteiger partial charge in [-0.1, -0.05) is 6.07 Å². The van der Waals surface area contributed by atoms with Gasteiger partial charge in [-0.25, -0.2) is 4.79 Å². The van der Waals surface area contributed by atoms with Gasteiger partial charge in [-0.05, 0) is 62.1 Å². The van der Waals surface area contributed by atoms with E-state index in [0.29, 0.717) is 18.0 Å². The number of carbonyl (C=O) groups excluding carboxylic acids is 1. The van der Waals surface area contributed by atoms with Gasteiger partial charge in [0, 0.05) is 18.9 Å². The average molecular weight is 325 g/mol. The lowest BCUT2D eigenvalue weighted by atomic mass is 10.1. The minimum Gasteiger partial charge on any atom is -0.492 e. The Morgan fingerprint density at radius 1 is 1.33 bits per heavy atom. The molecule has 1 aromatic heterocycles. The molecule has 1 fully saturated rings. The van der Waals surface area contributed by atoms with E-state index in [0.717, 1.165) is 30.5 Å². The fourth-order valence-electron chi connectivity index (χ4n) is 3.14. The molecule has 2 amide bonds. The van der Waals surface area contributed by atoms with Crippen molar-refractivity contribution in [1.82, 2.24) is 9.88 Å². The summed E-state index contributed by atoms with van der Waals surface area (Å²) in [6, 6.07) is 9.80. The molecule has 1 aliphatic rings. The van der Waals surface area contributed by atoms with Crippen LogP contribution in [0.4, 0.5) is 10.5 Å². The highest BCUT2D eigenvalue weighted by molar-refractivity contribution is 5.91. The lowest BCUT2D eigenvalue weighted by Crippen LogP contribution is -2.34. The number of aromatic nitrogens is 1. The highest BCUT2D eigenvalue weighted by Gasteiger charge is 2.30. The van der Waals surface area contributed by atoms with Gasteiger partial charge in [-0.15, -0.1) is 0 Å². The summed E-state index contributed by atoms with van der Waals surface area (Å²) in [6.45, 7) is 5.27. The van der Waals surface area contributed by atoms with Crippen LogP contribution in [-0.4, -0.2) is 29.1 Å². The zero-order valence-electron chi connectivity index (χ0n) is 14.2. The number of rotatable bonds is 4. The minimum absolute atomic E-state index is 0.0841. The van der Waals surface area contributed by atoms with E-state index in [1.807, 2.05) is 49.1 Å². The molecule has 24 heavy (non-hydrogen) atoms. The molecule has 2 heterocycles. The second-order valence-electron chi connectivity index (χ2n) is 5.99. The molecule has 5 heteroatoms. The van der Waals surface area contributed by atoms with Gasteiger partial charge in [0.15, 0.2) is 0 Å². The molecule has 1 unspecified atom stereocenters. The van der Waals surface area contributed by atoms with Crippen LogP contribution in [0.25, 0.3) is 0 Å². The number of ether oxygens (including phenoxy) is 1. The molecule has 2 aromatic rings. The van der Waals surface area contributed by atoms with Crippen molar-refractivity contribution in [2.45, 2.75) is 32.7 Å². The lowest BCUT2D eigenvalue weighted by molar-refractivity contribution is 0.207. The number of benzene rings is 1. The van der Waals surface area contributed by atoms with Crippen LogP contribution in [0.5, 0.6) is 5.75 Å². The molecule has 3 rings (SSSR count). The number of anilines is 1. The van der Waals surface area contributed by atoms with E-state index in [2.05, 4.69) is 10.3 Å². The fourth-order valence-corrected chi connectivity index (χ4v) is 3.14. The summed E-state index contributed by atoms with van der Waals surface area (Å²) in [7, 11) is 0. The van der Waals surface area contributed by atoms with Crippen molar-refractivity contribution in [3.63, 3.8) is 0 Å². The third-order valence-electron chi connectivity index (χ3n) is 4.28. The number of carbonyl (C=O) groups is 1. The Balaban J connectivity index is 1.77. The zero-order chi connectivity index (χ0) is 16.9. The predicted molar refractivity (Wildman–Crippen MR) is 94.3 cm³/mol. The number of likely N-dealkylation sites (tertiary alicyclic amines) is 1. The summed E-state index contributed by atoms with van der Waals surface area (Å²) in [5, 5.41) is 3.01. The van der Waals surface area contributed by atoms with Gasteiger partial charge < -0.3 is 15.0 Å². The Kier molecular flexibility index (Phi) is 4.99. The summed E-state index contributed by atoms with van der Waals surface area (Å²) < 4.78 is 5.65. The number of nitrogens with one attached hydrogen (secondary N) is 1. The first kappa shape index (κ1) is 16.3. The summed E-state index contributed by atoms with van der Waals surface area (Å²) in [6.07, 6.45) is 5.53. The molecule has 1 atom stereocenters. The summed E-state index contributed by atoms with van der Waals surface area (Å²) in [5.41, 5.74) is 2.95. The van der Waals surface area contributed by atoms with E-state index in [9.17, 15) is 4.79 Å². The van der Waals surface area contributed by atoms with Crippen molar-refractivity contribution >= 4 is 11.7 Å². The molecule has 0 saturated carbocycles. The van der Waals surface area contributed by atoms with Crippen LogP contribution in [0.3, 0.4) is 0 Å². The number of amides is 2. The Morgan fingerprint density at radius 3 is 2.88 bits per heavy atom. The molecule has 1 saturated heterocycles. The van der Waals surface area contributed by atoms with Crippen molar-refractivity contribution < 1.29 is 9.53 Å². The Hall–Kier alpha value is -2.56. The SMILES string of the molecule is CCOc1cc(C)ccc1NC(=O)N1CCCC1c1ccncc1. The molecule has 126 valence electrons. The monoisotopic (exact) mass is 325 g/mol. The summed E-state index contributed by atoms with van der Waals surface area (Å²) in [5.74, 6) is 0.713. The molecule has 0 spiro atoms. The molecular formula is C19H23N3O2. The van der Waals surface area contributed by atoms with E-state index >= 15 is 0 Å². The molecule has 1 aliphatic heterocycles. The summed E-state index contributed by atoms with van der Waals surface area (Å²) in [4.78, 5) is 18.7. The maximum Gasteiger partial charge on any atom is 0.322 e. The van der Waals surface area contributed by atoms with Gasteiger partial charge in [0.2, 0.25) is 0 Å². The topological polar surface area (TPSA) is 54.5 Å². The predicted octanol–water partition coefficient (Wildman–Crippen LogP) is 4.16. The first-order chi connectivity index (χ1) is 11.7. The van der Waals surface area contributed by atoms with Crippen molar-refractivity contribution in [1.29, 1.82) is 0 Å². The molecule has 5 nitrogen and oxygen atoms in total. The van der Waals surface area contributed by atoms with Crippen LogP contribution in [0, 0.1) is 6.92 Å². The van der Waals surface area contributed by atoms with Gasteiger partial charge in [0.25, 0.3) is 0 Å². The van der Waals surface area contributed by atoms with Crippen LogP contribution in [-0.2, 0) is 0 Å². The molecule has 1 aromatic carbocycles. The van der Waals surface area contributed by atoms with Gasteiger partial charge in [-0.2, -0.15) is 0 Å². The average Bonchev–Trinajstić information content (AvgIpc) is 3.08. The summed E-state index contributed by atoms with van der Waals surface area (Å²) >= 11 is 0. The van der Waals surface area contributed by atoms with E-state index in [4.69, 9.17) is 4.74 Å². The van der Waals surface area contributed by atoms with Crippen LogP contribution in [0.2, 0.25) is 0 Å². The normalized spacial score (nSPS) is 16.9. The van der Waals surface area contributed by atoms with Crippen molar-refractivity contribution in [3.05, 3.63) is 53.9 Å². The Bertz CT molecular complexity index is 703. The second kappa shape index (κ2) is 7.34. The van der Waals surface area contributed by atoms with Crippen LogP contribution >= 0.6 is 0 Å². The maximum absolute atomic E-state index is 12.8. The van der Waals surface area contributed by atoms with Crippen LogP contribution < -0.4 is 10.1 Å². The first-order valence-electron chi connectivity index (χ1n) is 8.40. The second-order valence-corrected chi connectivity index (χ2v) is 5.99. The van der Waals surface area contributed by atoms with E-state index < -0.39 is 0 Å². The molecule has 0 aliphatic carbocycles. The van der Waals surface area contributed by atoms with Crippen LogP contribution in [0.15, 0.2) is 42.7 Å². The Labute approximate surface area is 142 Å². The highest BCUT2D eigenvalue weighted by atomic mass is 16.5. The number of hydrogen-bond acceptors (Lipinski definition) is 3. The number of pyridine rings is 1. The lowest BCUT2D eigenvalue weighted by Gasteiger charge is -2.25. The van der Waals surface area contributed by atoms with Crippen LogP contribution in [0.1, 0.15) is 36.9 Å². The quantitative estimate of drug-likeness (QED) is 0.918. The van der Waals surface area contributed by atoms with Crippen molar-refractivity contribution in [3.8, 4) is 5.75 Å². The largest absolute Gasteiger partial charge is 0.492 e. The fraction of sp³-hybridized carbons (Fsp3) is 0.368. The van der Waals surface area contributed by atoms with Crippen molar-refractivity contribution in [2.24, 2.45) is 0 Å². The third kappa shape index (κ3) is 3.50. The molecule has 0 bridgehead atoms. The third-order valence-corrected chi connectivity index (χ3v) is 4.28. The Morgan fingerprint density at radius 2 is 2.12 bits per heavy atom. The van der Waals surface area contributed by atoms with Gasteiger partial charge >= 0.3 is 6.03 Å². The smallest absolute Gasteiger partial charge is 0.322 e.